The van der Waals surface area contributed by atoms with Crippen LogP contribution in [0.15, 0.2) is 0 Å². The van der Waals surface area contributed by atoms with Crippen molar-refractivity contribution in [1.82, 2.24) is 9.78 Å². The van der Waals surface area contributed by atoms with Gasteiger partial charge in [-0.25, -0.2) is 4.68 Å². The molecule has 1 aromatic rings. The number of anilines is 1. The summed E-state index contributed by atoms with van der Waals surface area (Å²) in [5.74, 6) is 0.512. The van der Waals surface area contributed by atoms with Crippen molar-refractivity contribution < 1.29 is 0 Å². The van der Waals surface area contributed by atoms with Gasteiger partial charge in [0, 0.05) is 6.54 Å². The maximum absolute atomic E-state index is 8.89. The molecule has 0 aliphatic rings. The van der Waals surface area contributed by atoms with Gasteiger partial charge < -0.3 is 5.73 Å². The Morgan fingerprint density at radius 1 is 1.50 bits per heavy atom. The van der Waals surface area contributed by atoms with Crippen LogP contribution in [0.4, 0.5) is 5.82 Å². The lowest BCUT2D eigenvalue weighted by Gasteiger charge is -2.01. The molecule has 0 fully saturated rings. The first kappa shape index (κ1) is 10.6. The number of aryl methyl sites for hydroxylation is 2. The average molecular weight is 192 g/mol. The molecule has 0 aliphatic heterocycles. The lowest BCUT2D eigenvalue weighted by molar-refractivity contribution is 0.573. The van der Waals surface area contributed by atoms with Gasteiger partial charge >= 0.3 is 0 Å². The van der Waals surface area contributed by atoms with Gasteiger partial charge in [-0.2, -0.15) is 10.4 Å². The Morgan fingerprint density at radius 2 is 2.21 bits per heavy atom. The monoisotopic (exact) mass is 192 g/mol. The van der Waals surface area contributed by atoms with E-state index >= 15 is 0 Å². The van der Waals surface area contributed by atoms with E-state index in [1.165, 1.54) is 0 Å². The number of hydrogen-bond donors (Lipinski definition) is 1. The topological polar surface area (TPSA) is 67.6 Å². The molecule has 76 valence electrons. The second kappa shape index (κ2) is 4.66. The van der Waals surface area contributed by atoms with Crippen LogP contribution >= 0.6 is 0 Å². The zero-order valence-electron chi connectivity index (χ0n) is 8.75. The second-order valence-electron chi connectivity index (χ2n) is 3.25. The minimum atomic E-state index is 0.512. The van der Waals surface area contributed by atoms with Gasteiger partial charge in [0.05, 0.1) is 5.69 Å². The van der Waals surface area contributed by atoms with E-state index < -0.39 is 0 Å². The summed E-state index contributed by atoms with van der Waals surface area (Å²) in [4.78, 5) is 0. The molecule has 0 aromatic carbocycles. The van der Waals surface area contributed by atoms with E-state index in [9.17, 15) is 0 Å². The van der Waals surface area contributed by atoms with Crippen molar-refractivity contribution in [2.45, 2.75) is 39.7 Å². The fraction of sp³-hybridized carbons (Fsp3) is 0.600. The Kier molecular flexibility index (Phi) is 3.52. The van der Waals surface area contributed by atoms with Gasteiger partial charge in [-0.05, 0) is 12.8 Å². The number of aromatic nitrogens is 2. The zero-order chi connectivity index (χ0) is 10.6. The molecule has 1 rings (SSSR count). The van der Waals surface area contributed by atoms with Gasteiger partial charge in [-0.1, -0.05) is 20.3 Å². The largest absolute Gasteiger partial charge is 0.383 e. The molecule has 4 nitrogen and oxygen atoms in total. The molecule has 4 heteroatoms. The summed E-state index contributed by atoms with van der Waals surface area (Å²) in [6.45, 7) is 4.90. The van der Waals surface area contributed by atoms with E-state index in [0.29, 0.717) is 11.4 Å². The fourth-order valence-corrected chi connectivity index (χ4v) is 1.37. The van der Waals surface area contributed by atoms with Crippen molar-refractivity contribution in [2.24, 2.45) is 0 Å². The number of nitrogen functional groups attached to an aromatic ring is 1. The molecular weight excluding hydrogens is 176 g/mol. The van der Waals surface area contributed by atoms with E-state index in [0.717, 1.165) is 31.5 Å². The molecule has 0 amide bonds. The van der Waals surface area contributed by atoms with Crippen molar-refractivity contribution in [2.75, 3.05) is 5.73 Å². The summed E-state index contributed by atoms with van der Waals surface area (Å²) < 4.78 is 1.74. The van der Waals surface area contributed by atoms with Crippen LogP contribution in [0, 0.1) is 11.3 Å². The molecule has 0 atom stereocenters. The van der Waals surface area contributed by atoms with Crippen LogP contribution in [0.3, 0.4) is 0 Å². The third-order valence-electron chi connectivity index (χ3n) is 2.23. The Hall–Kier alpha value is -1.50. The van der Waals surface area contributed by atoms with E-state index in [4.69, 9.17) is 11.0 Å². The predicted molar refractivity (Wildman–Crippen MR) is 55.6 cm³/mol. The van der Waals surface area contributed by atoms with Gasteiger partial charge in [0.2, 0.25) is 0 Å². The van der Waals surface area contributed by atoms with Crippen molar-refractivity contribution in [3.05, 3.63) is 11.3 Å². The van der Waals surface area contributed by atoms with Crippen LogP contribution in [0.2, 0.25) is 0 Å². The number of unbranched alkanes of at least 4 members (excludes halogenated alkanes) is 1. The lowest BCUT2D eigenvalue weighted by Crippen LogP contribution is -2.05. The first-order chi connectivity index (χ1) is 6.74. The van der Waals surface area contributed by atoms with Crippen LogP contribution < -0.4 is 5.73 Å². The quantitative estimate of drug-likeness (QED) is 0.789. The molecule has 1 aromatic heterocycles. The second-order valence-corrected chi connectivity index (χ2v) is 3.25. The zero-order valence-corrected chi connectivity index (χ0v) is 8.75. The summed E-state index contributed by atoms with van der Waals surface area (Å²) in [7, 11) is 0. The Balaban J connectivity index is 2.97. The number of nitrogens with two attached hydrogens (primary N) is 1. The molecule has 0 saturated heterocycles. The van der Waals surface area contributed by atoms with Crippen molar-refractivity contribution in [1.29, 1.82) is 5.26 Å². The van der Waals surface area contributed by atoms with Gasteiger partial charge in [-0.15, -0.1) is 0 Å². The molecular formula is C10H16N4. The molecule has 0 spiro atoms. The molecule has 14 heavy (non-hydrogen) atoms. The fourth-order valence-electron chi connectivity index (χ4n) is 1.37. The Bertz CT molecular complexity index is 346. The Morgan fingerprint density at radius 3 is 2.64 bits per heavy atom. The summed E-state index contributed by atoms with van der Waals surface area (Å²) in [5.41, 5.74) is 7.16. The van der Waals surface area contributed by atoms with Crippen LogP contribution in [-0.2, 0) is 13.0 Å². The summed E-state index contributed by atoms with van der Waals surface area (Å²) >= 11 is 0. The van der Waals surface area contributed by atoms with Gasteiger partial charge in [0.15, 0.2) is 0 Å². The van der Waals surface area contributed by atoms with Crippen molar-refractivity contribution >= 4 is 5.82 Å². The van der Waals surface area contributed by atoms with Crippen molar-refractivity contribution in [3.63, 3.8) is 0 Å². The van der Waals surface area contributed by atoms with E-state index in [2.05, 4.69) is 18.1 Å². The number of nitriles is 1. The summed E-state index contributed by atoms with van der Waals surface area (Å²) in [6.07, 6.45) is 2.90. The third-order valence-corrected chi connectivity index (χ3v) is 2.23. The normalized spacial score (nSPS) is 10.1. The molecule has 0 aliphatic carbocycles. The highest BCUT2D eigenvalue weighted by atomic mass is 15.3. The van der Waals surface area contributed by atoms with E-state index in [-0.39, 0.29) is 0 Å². The number of nitrogens with zero attached hydrogens (tertiary/aromatic N) is 3. The maximum Gasteiger partial charge on any atom is 0.140 e. The first-order valence-corrected chi connectivity index (χ1v) is 4.99. The SMILES string of the molecule is CCCCn1nc(CC)c(C#N)c1N. The first-order valence-electron chi connectivity index (χ1n) is 4.99. The highest BCUT2D eigenvalue weighted by Gasteiger charge is 2.12. The smallest absolute Gasteiger partial charge is 0.140 e. The standard InChI is InChI=1S/C10H16N4/c1-3-5-6-14-10(12)8(7-11)9(4-2)13-14/h3-6,12H2,1-2H3. The summed E-state index contributed by atoms with van der Waals surface area (Å²) in [5, 5.41) is 13.2. The lowest BCUT2D eigenvalue weighted by atomic mass is 10.2. The molecule has 0 unspecified atom stereocenters. The summed E-state index contributed by atoms with van der Waals surface area (Å²) in [6, 6.07) is 2.10. The molecule has 0 radical (unpaired) electrons. The van der Waals surface area contributed by atoms with E-state index in [1.54, 1.807) is 4.68 Å². The Labute approximate surface area is 84.3 Å². The predicted octanol–water partition coefficient (Wildman–Crippen LogP) is 1.70. The van der Waals surface area contributed by atoms with Crippen LogP contribution in [-0.4, -0.2) is 9.78 Å². The third kappa shape index (κ3) is 1.87. The molecule has 2 N–H and O–H groups in total. The molecule has 0 bridgehead atoms. The maximum atomic E-state index is 8.89. The highest BCUT2D eigenvalue weighted by molar-refractivity contribution is 5.52. The average Bonchev–Trinajstić information content (AvgIpc) is 2.51. The van der Waals surface area contributed by atoms with Gasteiger partial charge in [-0.3, -0.25) is 0 Å². The number of hydrogen-bond acceptors (Lipinski definition) is 3. The minimum absolute atomic E-state index is 0.512. The van der Waals surface area contributed by atoms with Crippen LogP contribution in [0.1, 0.15) is 37.9 Å². The number of rotatable bonds is 4. The van der Waals surface area contributed by atoms with Crippen molar-refractivity contribution in [3.8, 4) is 6.07 Å². The molecule has 0 saturated carbocycles. The van der Waals surface area contributed by atoms with Crippen LogP contribution in [0.5, 0.6) is 0 Å². The van der Waals surface area contributed by atoms with Crippen LogP contribution in [0.25, 0.3) is 0 Å². The van der Waals surface area contributed by atoms with E-state index in [1.807, 2.05) is 6.92 Å². The van der Waals surface area contributed by atoms with Gasteiger partial charge in [0.25, 0.3) is 0 Å². The highest BCUT2D eigenvalue weighted by Crippen LogP contribution is 2.16. The molecule has 1 heterocycles. The minimum Gasteiger partial charge on any atom is -0.383 e. The van der Waals surface area contributed by atoms with Gasteiger partial charge in [0.1, 0.15) is 17.5 Å².